The van der Waals surface area contributed by atoms with Crippen molar-refractivity contribution in [1.29, 1.82) is 0 Å². The van der Waals surface area contributed by atoms with E-state index in [0.717, 1.165) is 10.9 Å². The Morgan fingerprint density at radius 3 is 2.67 bits per heavy atom. The number of hydrogen-bond donors (Lipinski definition) is 1. The number of rotatable bonds is 7. The molecular weight excluding hydrogens is 314 g/mol. The van der Waals surface area contributed by atoms with Gasteiger partial charge in [-0.1, -0.05) is 35.0 Å². The smallest absolute Gasteiger partial charge is 0.150 e. The fourth-order valence-corrected chi connectivity index (χ4v) is 3.22. The van der Waals surface area contributed by atoms with Crippen LogP contribution in [-0.2, 0) is 16.3 Å². The summed E-state index contributed by atoms with van der Waals surface area (Å²) in [4.78, 5) is 0. The zero-order valence-corrected chi connectivity index (χ0v) is 13.0. The van der Waals surface area contributed by atoms with Crippen LogP contribution in [0.3, 0.4) is 0 Å². The van der Waals surface area contributed by atoms with Gasteiger partial charge in [-0.3, -0.25) is 0 Å². The Morgan fingerprint density at radius 1 is 1.39 bits per heavy atom. The van der Waals surface area contributed by atoms with Crippen LogP contribution in [0.1, 0.15) is 18.9 Å². The highest BCUT2D eigenvalue weighted by molar-refractivity contribution is 9.10. The van der Waals surface area contributed by atoms with Crippen LogP contribution >= 0.6 is 15.9 Å². The lowest BCUT2D eigenvalue weighted by Crippen LogP contribution is -2.21. The van der Waals surface area contributed by atoms with E-state index in [1.165, 1.54) is 5.56 Å². The average molecular weight is 334 g/mol. The Balaban J connectivity index is 2.57. The fourth-order valence-electron chi connectivity index (χ4n) is 1.79. The summed E-state index contributed by atoms with van der Waals surface area (Å²) in [5.41, 5.74) is 6.91. The summed E-state index contributed by atoms with van der Waals surface area (Å²) in [6, 6.07) is 8.05. The molecule has 2 N–H and O–H groups in total. The molecular formula is C13H20BrNO2S. The molecule has 0 aromatic heterocycles. The second kappa shape index (κ2) is 7.26. The van der Waals surface area contributed by atoms with E-state index in [9.17, 15) is 8.42 Å². The SMILES string of the molecule is CCS(=O)(=O)CCC(CN)Cc1cccc(Br)c1. The van der Waals surface area contributed by atoms with Crippen molar-refractivity contribution in [3.63, 3.8) is 0 Å². The van der Waals surface area contributed by atoms with Crippen molar-refractivity contribution < 1.29 is 8.42 Å². The Hall–Kier alpha value is -0.390. The van der Waals surface area contributed by atoms with E-state index in [-0.39, 0.29) is 17.4 Å². The lowest BCUT2D eigenvalue weighted by molar-refractivity contribution is 0.511. The molecule has 0 saturated carbocycles. The number of sulfone groups is 1. The molecule has 1 aromatic carbocycles. The zero-order chi connectivity index (χ0) is 13.6. The minimum absolute atomic E-state index is 0.210. The first-order valence-electron chi connectivity index (χ1n) is 6.11. The second-order valence-electron chi connectivity index (χ2n) is 4.46. The van der Waals surface area contributed by atoms with E-state index < -0.39 is 9.84 Å². The molecule has 0 heterocycles. The van der Waals surface area contributed by atoms with Crippen LogP contribution in [0.4, 0.5) is 0 Å². The third-order valence-electron chi connectivity index (χ3n) is 3.02. The van der Waals surface area contributed by atoms with E-state index >= 15 is 0 Å². The molecule has 0 fully saturated rings. The molecule has 0 radical (unpaired) electrons. The van der Waals surface area contributed by atoms with Gasteiger partial charge in [-0.2, -0.15) is 0 Å². The number of hydrogen-bond acceptors (Lipinski definition) is 3. The normalized spacial score (nSPS) is 13.5. The first kappa shape index (κ1) is 15.7. The van der Waals surface area contributed by atoms with Gasteiger partial charge in [-0.25, -0.2) is 8.42 Å². The molecule has 0 aliphatic heterocycles. The van der Waals surface area contributed by atoms with E-state index in [1.54, 1.807) is 6.92 Å². The maximum Gasteiger partial charge on any atom is 0.150 e. The second-order valence-corrected chi connectivity index (χ2v) is 7.85. The Bertz CT molecular complexity index is 474. The van der Waals surface area contributed by atoms with Crippen LogP contribution in [0.25, 0.3) is 0 Å². The van der Waals surface area contributed by atoms with E-state index in [2.05, 4.69) is 22.0 Å². The summed E-state index contributed by atoms with van der Waals surface area (Å²) in [6.45, 7) is 2.20. The van der Waals surface area contributed by atoms with Crippen molar-refractivity contribution in [2.75, 3.05) is 18.1 Å². The Morgan fingerprint density at radius 2 is 2.11 bits per heavy atom. The quantitative estimate of drug-likeness (QED) is 0.833. The lowest BCUT2D eigenvalue weighted by Gasteiger charge is -2.14. The summed E-state index contributed by atoms with van der Waals surface area (Å²) in [5.74, 6) is 0.668. The fraction of sp³-hybridized carbons (Fsp3) is 0.538. The first-order chi connectivity index (χ1) is 8.46. The summed E-state index contributed by atoms with van der Waals surface area (Å²) in [7, 11) is -2.89. The highest BCUT2D eigenvalue weighted by atomic mass is 79.9. The molecule has 3 nitrogen and oxygen atoms in total. The molecule has 1 unspecified atom stereocenters. The molecule has 0 spiro atoms. The molecule has 0 aliphatic carbocycles. The minimum Gasteiger partial charge on any atom is -0.330 e. The Kier molecular flexibility index (Phi) is 6.32. The predicted molar refractivity (Wildman–Crippen MR) is 79.3 cm³/mol. The molecule has 1 atom stereocenters. The molecule has 1 aromatic rings. The van der Waals surface area contributed by atoms with Gasteiger partial charge >= 0.3 is 0 Å². The topological polar surface area (TPSA) is 60.2 Å². The van der Waals surface area contributed by atoms with Gasteiger partial charge in [0.15, 0.2) is 0 Å². The minimum atomic E-state index is -2.89. The van der Waals surface area contributed by atoms with Crippen molar-refractivity contribution in [1.82, 2.24) is 0 Å². The van der Waals surface area contributed by atoms with Crippen molar-refractivity contribution in [2.24, 2.45) is 11.7 Å². The molecule has 102 valence electrons. The summed E-state index contributed by atoms with van der Waals surface area (Å²) < 4.78 is 24.0. The third kappa shape index (κ3) is 5.50. The summed E-state index contributed by atoms with van der Waals surface area (Å²) in [5, 5.41) is 0. The zero-order valence-electron chi connectivity index (χ0n) is 10.6. The number of nitrogens with two attached hydrogens (primary N) is 1. The number of halogens is 1. The summed E-state index contributed by atoms with van der Waals surface area (Å²) >= 11 is 3.43. The van der Waals surface area contributed by atoms with Crippen LogP contribution < -0.4 is 5.73 Å². The summed E-state index contributed by atoms with van der Waals surface area (Å²) in [6.07, 6.45) is 1.47. The van der Waals surface area contributed by atoms with Crippen LogP contribution in [0.15, 0.2) is 28.7 Å². The van der Waals surface area contributed by atoms with Gasteiger partial charge in [0, 0.05) is 10.2 Å². The van der Waals surface area contributed by atoms with Gasteiger partial charge in [-0.15, -0.1) is 0 Å². The first-order valence-corrected chi connectivity index (χ1v) is 8.73. The molecule has 0 aliphatic rings. The maximum absolute atomic E-state index is 11.5. The maximum atomic E-state index is 11.5. The Labute approximate surface area is 118 Å². The van der Waals surface area contributed by atoms with Crippen molar-refractivity contribution in [3.05, 3.63) is 34.3 Å². The van der Waals surface area contributed by atoms with Gasteiger partial charge < -0.3 is 5.73 Å². The lowest BCUT2D eigenvalue weighted by atomic mass is 9.97. The van der Waals surface area contributed by atoms with Crippen LogP contribution in [0, 0.1) is 5.92 Å². The van der Waals surface area contributed by atoms with Crippen LogP contribution in [-0.4, -0.2) is 26.5 Å². The van der Waals surface area contributed by atoms with Crippen molar-refractivity contribution in [3.8, 4) is 0 Å². The number of benzene rings is 1. The van der Waals surface area contributed by atoms with Crippen LogP contribution in [0.5, 0.6) is 0 Å². The molecule has 18 heavy (non-hydrogen) atoms. The van der Waals surface area contributed by atoms with Gasteiger partial charge in [0.2, 0.25) is 0 Å². The standard InChI is InChI=1S/C13H20BrNO2S/c1-2-18(16,17)7-6-12(10-15)8-11-4-3-5-13(14)9-11/h3-5,9,12H,2,6-8,10,15H2,1H3. The monoisotopic (exact) mass is 333 g/mol. The third-order valence-corrected chi connectivity index (χ3v) is 5.25. The van der Waals surface area contributed by atoms with Gasteiger partial charge in [0.1, 0.15) is 9.84 Å². The van der Waals surface area contributed by atoms with Gasteiger partial charge in [0.25, 0.3) is 0 Å². The van der Waals surface area contributed by atoms with Gasteiger partial charge in [-0.05, 0) is 43.0 Å². The highest BCUT2D eigenvalue weighted by Gasteiger charge is 2.13. The van der Waals surface area contributed by atoms with E-state index in [1.807, 2.05) is 18.2 Å². The predicted octanol–water partition coefficient (Wildman–Crippen LogP) is 2.39. The largest absolute Gasteiger partial charge is 0.330 e. The molecule has 0 saturated heterocycles. The molecule has 5 heteroatoms. The van der Waals surface area contributed by atoms with Crippen LogP contribution in [0.2, 0.25) is 0 Å². The highest BCUT2D eigenvalue weighted by Crippen LogP contribution is 2.17. The van der Waals surface area contributed by atoms with E-state index in [4.69, 9.17) is 5.73 Å². The molecule has 1 rings (SSSR count). The van der Waals surface area contributed by atoms with E-state index in [0.29, 0.717) is 13.0 Å². The van der Waals surface area contributed by atoms with Crippen molar-refractivity contribution in [2.45, 2.75) is 19.8 Å². The molecule has 0 bridgehead atoms. The average Bonchev–Trinajstić information content (AvgIpc) is 2.34. The van der Waals surface area contributed by atoms with Crippen molar-refractivity contribution >= 4 is 25.8 Å². The van der Waals surface area contributed by atoms with Gasteiger partial charge in [0.05, 0.1) is 5.75 Å². The molecule has 0 amide bonds.